The van der Waals surface area contributed by atoms with Crippen molar-refractivity contribution in [2.45, 2.75) is 50.7 Å². The molecule has 3 aromatic rings. The average Bonchev–Trinajstić information content (AvgIpc) is 2.92. The number of hydrogen-bond donors (Lipinski definition) is 3. The van der Waals surface area contributed by atoms with Crippen molar-refractivity contribution in [3.63, 3.8) is 0 Å². The Labute approximate surface area is 247 Å². The Hall–Kier alpha value is -4.62. The Bertz CT molecular complexity index is 1470. The molecule has 0 heterocycles. The summed E-state index contributed by atoms with van der Waals surface area (Å²) in [5.74, 6) is -4.63. The van der Waals surface area contributed by atoms with E-state index in [2.05, 4.69) is 15.4 Å². The maximum Gasteiger partial charge on any atom is 0.573 e. The van der Waals surface area contributed by atoms with Crippen molar-refractivity contribution >= 4 is 17.8 Å². The SMILES string of the molecule is CCCC(Cc1ccc(OC(F)(F)F)cc1)(NC(=O)c1ccc(C(F)(F)F)cc1F)c1ccc(C(=O)NCCC(=O)O)cc1. The van der Waals surface area contributed by atoms with E-state index in [4.69, 9.17) is 5.11 Å². The second-order valence-corrected chi connectivity index (χ2v) is 9.82. The van der Waals surface area contributed by atoms with Crippen LogP contribution in [0.25, 0.3) is 0 Å². The van der Waals surface area contributed by atoms with Crippen LogP contribution < -0.4 is 15.4 Å². The molecule has 236 valence electrons. The van der Waals surface area contributed by atoms with Crippen LogP contribution in [0.1, 0.15) is 63.6 Å². The summed E-state index contributed by atoms with van der Waals surface area (Å²) < 4.78 is 95.7. The number of carbonyl (C=O) groups excluding carboxylic acids is 2. The van der Waals surface area contributed by atoms with Gasteiger partial charge in [-0.3, -0.25) is 14.4 Å². The van der Waals surface area contributed by atoms with E-state index < -0.39 is 58.6 Å². The first-order chi connectivity index (χ1) is 20.5. The Morgan fingerprint density at radius 1 is 0.841 bits per heavy atom. The van der Waals surface area contributed by atoms with E-state index in [1.165, 1.54) is 36.4 Å². The normalized spacial score (nSPS) is 13.1. The summed E-state index contributed by atoms with van der Waals surface area (Å²) in [5, 5.41) is 13.9. The first-order valence-electron chi connectivity index (χ1n) is 13.2. The van der Waals surface area contributed by atoms with Crippen LogP contribution in [0.4, 0.5) is 30.7 Å². The topological polar surface area (TPSA) is 105 Å². The fourth-order valence-electron chi connectivity index (χ4n) is 4.58. The predicted molar refractivity (Wildman–Crippen MR) is 143 cm³/mol. The number of amides is 2. The summed E-state index contributed by atoms with van der Waals surface area (Å²) in [4.78, 5) is 36.5. The first-order valence-corrected chi connectivity index (χ1v) is 13.2. The van der Waals surface area contributed by atoms with Gasteiger partial charge in [0, 0.05) is 12.1 Å². The van der Waals surface area contributed by atoms with E-state index in [0.29, 0.717) is 29.7 Å². The van der Waals surface area contributed by atoms with E-state index >= 15 is 0 Å². The molecule has 0 saturated heterocycles. The van der Waals surface area contributed by atoms with Crippen LogP contribution in [-0.4, -0.2) is 35.8 Å². The van der Waals surface area contributed by atoms with Crippen LogP contribution in [0.15, 0.2) is 66.7 Å². The number of alkyl halides is 6. The van der Waals surface area contributed by atoms with Crippen LogP contribution >= 0.6 is 0 Å². The monoisotopic (exact) mass is 628 g/mol. The Kier molecular flexibility index (Phi) is 10.6. The Morgan fingerprint density at radius 3 is 1.98 bits per heavy atom. The van der Waals surface area contributed by atoms with Crippen molar-refractivity contribution in [3.8, 4) is 5.75 Å². The highest BCUT2D eigenvalue weighted by molar-refractivity contribution is 5.96. The number of carboxylic acid groups (broad SMARTS) is 1. The molecule has 0 spiro atoms. The quantitative estimate of drug-likeness (QED) is 0.196. The molecule has 44 heavy (non-hydrogen) atoms. The minimum absolute atomic E-state index is 0.0503. The molecule has 3 rings (SSSR count). The number of aliphatic carboxylic acids is 1. The van der Waals surface area contributed by atoms with Gasteiger partial charge < -0.3 is 20.5 Å². The average molecular weight is 629 g/mol. The van der Waals surface area contributed by atoms with E-state index in [1.807, 2.05) is 0 Å². The molecule has 2 amide bonds. The lowest BCUT2D eigenvalue weighted by Gasteiger charge is -2.36. The highest BCUT2D eigenvalue weighted by Gasteiger charge is 2.36. The van der Waals surface area contributed by atoms with Crippen molar-refractivity contribution in [2.24, 2.45) is 0 Å². The molecule has 1 unspecified atom stereocenters. The number of hydrogen-bond acceptors (Lipinski definition) is 4. The summed E-state index contributed by atoms with van der Waals surface area (Å²) in [6.45, 7) is 1.64. The third kappa shape index (κ3) is 9.19. The summed E-state index contributed by atoms with van der Waals surface area (Å²) in [6.07, 6.45) is -9.51. The molecule has 1 atom stereocenters. The molecule has 0 aromatic heterocycles. The van der Waals surface area contributed by atoms with Gasteiger partial charge in [0.15, 0.2) is 0 Å². The minimum atomic E-state index is -4.92. The molecule has 14 heteroatoms. The summed E-state index contributed by atoms with van der Waals surface area (Å²) in [6, 6.07) is 12.1. The van der Waals surface area contributed by atoms with Gasteiger partial charge in [0.25, 0.3) is 11.8 Å². The molecule has 0 aliphatic carbocycles. The molecule has 7 nitrogen and oxygen atoms in total. The number of carbonyl (C=O) groups is 3. The zero-order valence-electron chi connectivity index (χ0n) is 23.1. The number of rotatable bonds is 12. The number of ether oxygens (including phenoxy) is 1. The fourth-order valence-corrected chi connectivity index (χ4v) is 4.58. The van der Waals surface area contributed by atoms with Gasteiger partial charge >= 0.3 is 18.5 Å². The second-order valence-electron chi connectivity index (χ2n) is 9.82. The van der Waals surface area contributed by atoms with Crippen molar-refractivity contribution in [1.82, 2.24) is 10.6 Å². The van der Waals surface area contributed by atoms with Crippen LogP contribution in [0.5, 0.6) is 5.75 Å². The van der Waals surface area contributed by atoms with Crippen molar-refractivity contribution in [2.75, 3.05) is 6.54 Å². The third-order valence-corrected chi connectivity index (χ3v) is 6.56. The summed E-state index contributed by atoms with van der Waals surface area (Å²) in [5.41, 5.74) is -2.34. The van der Waals surface area contributed by atoms with Gasteiger partial charge in [-0.1, -0.05) is 37.6 Å². The molecule has 0 fully saturated rings. The predicted octanol–water partition coefficient (Wildman–Crippen LogP) is 6.62. The molecule has 0 radical (unpaired) electrons. The molecule has 0 bridgehead atoms. The molecule has 3 N–H and O–H groups in total. The molecular weight excluding hydrogens is 601 g/mol. The molecular formula is C30H27F7N2O5. The first kappa shape index (κ1) is 33.9. The summed E-state index contributed by atoms with van der Waals surface area (Å²) >= 11 is 0. The maximum atomic E-state index is 14.7. The summed E-state index contributed by atoms with van der Waals surface area (Å²) in [7, 11) is 0. The van der Waals surface area contributed by atoms with Gasteiger partial charge in [-0.25, -0.2) is 4.39 Å². The highest BCUT2D eigenvalue weighted by Crippen LogP contribution is 2.34. The second kappa shape index (κ2) is 13.8. The number of carboxylic acids is 1. The van der Waals surface area contributed by atoms with E-state index in [1.54, 1.807) is 6.92 Å². The number of halogens is 7. The van der Waals surface area contributed by atoms with E-state index in [9.17, 15) is 45.1 Å². The zero-order valence-corrected chi connectivity index (χ0v) is 23.1. The van der Waals surface area contributed by atoms with Gasteiger partial charge in [0.05, 0.1) is 23.1 Å². The van der Waals surface area contributed by atoms with Gasteiger partial charge in [-0.15, -0.1) is 13.2 Å². The van der Waals surface area contributed by atoms with Crippen molar-refractivity contribution in [3.05, 3.63) is 100 Å². The lowest BCUT2D eigenvalue weighted by atomic mass is 9.79. The van der Waals surface area contributed by atoms with Crippen molar-refractivity contribution in [1.29, 1.82) is 0 Å². The molecule has 0 aliphatic rings. The lowest BCUT2D eigenvalue weighted by molar-refractivity contribution is -0.274. The van der Waals surface area contributed by atoms with Gasteiger partial charge in [0.1, 0.15) is 11.6 Å². The zero-order chi connectivity index (χ0) is 32.7. The van der Waals surface area contributed by atoms with Crippen LogP contribution in [0, 0.1) is 5.82 Å². The van der Waals surface area contributed by atoms with Crippen LogP contribution in [-0.2, 0) is 22.9 Å². The highest BCUT2D eigenvalue weighted by atomic mass is 19.4. The molecule has 0 saturated carbocycles. The third-order valence-electron chi connectivity index (χ3n) is 6.56. The minimum Gasteiger partial charge on any atom is -0.481 e. The smallest absolute Gasteiger partial charge is 0.481 e. The van der Waals surface area contributed by atoms with E-state index in [-0.39, 0.29) is 37.4 Å². The van der Waals surface area contributed by atoms with Crippen LogP contribution in [0.2, 0.25) is 0 Å². The van der Waals surface area contributed by atoms with Crippen LogP contribution in [0.3, 0.4) is 0 Å². The Morgan fingerprint density at radius 2 is 1.45 bits per heavy atom. The maximum absolute atomic E-state index is 14.7. The number of benzene rings is 3. The lowest BCUT2D eigenvalue weighted by Crippen LogP contribution is -2.48. The van der Waals surface area contributed by atoms with Gasteiger partial charge in [-0.2, -0.15) is 13.2 Å². The standard InChI is InChI=1S/C30H27F7N2O5/c1-2-14-28(17-18-3-10-22(11-4-18)44-30(35,36)37,20-7-5-19(6-8-20)26(42)38-15-13-25(40)41)39-27(43)23-12-9-21(16-24(23)31)29(32,33)34/h3-12,16H,2,13-15,17H2,1H3,(H,38,42)(H,39,43)(H,40,41). The fraction of sp³-hybridized carbons (Fsp3) is 0.300. The molecule has 0 aliphatic heterocycles. The largest absolute Gasteiger partial charge is 0.573 e. The molecule has 3 aromatic carbocycles. The van der Waals surface area contributed by atoms with Gasteiger partial charge in [-0.05, 0) is 66.4 Å². The van der Waals surface area contributed by atoms with E-state index in [0.717, 1.165) is 12.1 Å². The van der Waals surface area contributed by atoms with Gasteiger partial charge in [0.2, 0.25) is 0 Å². The van der Waals surface area contributed by atoms with Crippen molar-refractivity contribution < 1.29 is 55.0 Å². The number of nitrogens with one attached hydrogen (secondary N) is 2. The Balaban J connectivity index is 2.01.